The number of hydrogen-bond donors (Lipinski definition) is 0. The summed E-state index contributed by atoms with van der Waals surface area (Å²) in [5.41, 5.74) is 1.35. The molecule has 1 aliphatic heterocycles. The van der Waals surface area contributed by atoms with Crippen LogP contribution in [0.3, 0.4) is 0 Å². The molecule has 0 N–H and O–H groups in total. The van der Waals surface area contributed by atoms with Gasteiger partial charge in [-0.05, 0) is 25.5 Å². The second kappa shape index (κ2) is 5.68. The van der Waals surface area contributed by atoms with E-state index in [0.29, 0.717) is 18.5 Å². The first kappa shape index (κ1) is 15.0. The molecule has 0 radical (unpaired) electrons. The molecular weight excluding hydrogens is 300 g/mol. The van der Waals surface area contributed by atoms with Crippen LogP contribution in [0.15, 0.2) is 36.5 Å². The van der Waals surface area contributed by atoms with Crippen molar-refractivity contribution in [2.24, 2.45) is 0 Å². The summed E-state index contributed by atoms with van der Waals surface area (Å²) >= 11 is 0. The molecule has 1 unspecified atom stereocenters. The van der Waals surface area contributed by atoms with Crippen molar-refractivity contribution in [2.75, 3.05) is 18.1 Å². The smallest absolute Gasteiger partial charge is 0.254 e. The van der Waals surface area contributed by atoms with Crippen molar-refractivity contribution < 1.29 is 13.2 Å². The van der Waals surface area contributed by atoms with E-state index in [2.05, 4.69) is 4.98 Å². The number of sulfone groups is 1. The van der Waals surface area contributed by atoms with Gasteiger partial charge in [-0.1, -0.05) is 18.2 Å². The summed E-state index contributed by atoms with van der Waals surface area (Å²) in [5, 5.41) is 0.800. The number of carbonyl (C=O) groups excluding carboxylic acids is 1. The van der Waals surface area contributed by atoms with Crippen LogP contribution < -0.4 is 0 Å². The Morgan fingerprint density at radius 2 is 2.09 bits per heavy atom. The molecule has 116 valence electrons. The average molecular weight is 318 g/mol. The van der Waals surface area contributed by atoms with Crippen molar-refractivity contribution >= 4 is 26.6 Å². The van der Waals surface area contributed by atoms with E-state index in [-0.39, 0.29) is 23.5 Å². The third-order valence-corrected chi connectivity index (χ3v) is 5.88. The van der Waals surface area contributed by atoms with Gasteiger partial charge in [-0.15, -0.1) is 0 Å². The van der Waals surface area contributed by atoms with Gasteiger partial charge in [0.2, 0.25) is 0 Å². The maximum atomic E-state index is 12.9. The quantitative estimate of drug-likeness (QED) is 0.866. The lowest BCUT2D eigenvalue weighted by Gasteiger charge is -2.27. The zero-order chi connectivity index (χ0) is 15.7. The molecule has 2 heterocycles. The lowest BCUT2D eigenvalue weighted by Crippen LogP contribution is -2.41. The molecule has 1 amide bonds. The van der Waals surface area contributed by atoms with E-state index >= 15 is 0 Å². The van der Waals surface area contributed by atoms with Gasteiger partial charge in [0.05, 0.1) is 22.6 Å². The van der Waals surface area contributed by atoms with Crippen LogP contribution in [0.4, 0.5) is 0 Å². The number of para-hydroxylation sites is 1. The van der Waals surface area contributed by atoms with Crippen LogP contribution in [0.2, 0.25) is 0 Å². The minimum absolute atomic E-state index is 0.0651. The first-order valence-corrected chi connectivity index (χ1v) is 9.19. The highest BCUT2D eigenvalue weighted by atomic mass is 32.2. The molecule has 2 aromatic rings. The summed E-state index contributed by atoms with van der Waals surface area (Å²) < 4.78 is 23.4. The van der Waals surface area contributed by atoms with Crippen molar-refractivity contribution in [1.82, 2.24) is 9.88 Å². The molecule has 1 saturated heterocycles. The van der Waals surface area contributed by atoms with Crippen LogP contribution in [-0.4, -0.2) is 48.3 Å². The summed E-state index contributed by atoms with van der Waals surface area (Å²) in [7, 11) is -3.02. The molecular formula is C16H18N2O3S. The zero-order valence-corrected chi connectivity index (χ0v) is 13.2. The van der Waals surface area contributed by atoms with Crippen molar-refractivity contribution in [3.63, 3.8) is 0 Å². The lowest BCUT2D eigenvalue weighted by atomic mass is 10.1. The highest BCUT2D eigenvalue weighted by molar-refractivity contribution is 7.91. The number of aromatic nitrogens is 1. The van der Waals surface area contributed by atoms with E-state index in [1.807, 2.05) is 31.2 Å². The van der Waals surface area contributed by atoms with Crippen molar-refractivity contribution in [2.45, 2.75) is 19.4 Å². The molecule has 5 nitrogen and oxygen atoms in total. The van der Waals surface area contributed by atoms with Crippen molar-refractivity contribution in [3.8, 4) is 0 Å². The molecule has 1 fully saturated rings. The standard InChI is InChI=1S/C16H18N2O3S/c1-2-18(12-8-10-22(20,21)11-12)16(19)14-7-9-17-15-6-4-3-5-13(14)15/h3-7,9,12H,2,8,10-11H2,1H3. The Bertz CT molecular complexity index is 812. The second-order valence-electron chi connectivity index (χ2n) is 5.52. The number of fused-ring (bicyclic) bond motifs is 1. The van der Waals surface area contributed by atoms with Crippen LogP contribution in [0.25, 0.3) is 10.9 Å². The molecule has 0 spiro atoms. The molecule has 3 rings (SSSR count). The molecule has 1 aromatic heterocycles. The third-order valence-electron chi connectivity index (χ3n) is 4.13. The number of amides is 1. The molecule has 0 bridgehead atoms. The van der Waals surface area contributed by atoms with E-state index in [1.165, 1.54) is 0 Å². The largest absolute Gasteiger partial charge is 0.335 e. The van der Waals surface area contributed by atoms with Crippen LogP contribution in [0.5, 0.6) is 0 Å². The van der Waals surface area contributed by atoms with E-state index in [9.17, 15) is 13.2 Å². The Hall–Kier alpha value is -1.95. The first-order valence-electron chi connectivity index (χ1n) is 7.37. The Labute approximate surface area is 129 Å². The Balaban J connectivity index is 1.97. The fourth-order valence-electron chi connectivity index (χ4n) is 3.03. The minimum atomic E-state index is -3.02. The maximum absolute atomic E-state index is 12.9. The fraction of sp³-hybridized carbons (Fsp3) is 0.375. The normalized spacial score (nSPS) is 20.1. The van der Waals surface area contributed by atoms with Gasteiger partial charge in [0, 0.05) is 24.2 Å². The number of hydrogen-bond acceptors (Lipinski definition) is 4. The van der Waals surface area contributed by atoms with Crippen molar-refractivity contribution in [3.05, 3.63) is 42.1 Å². The monoisotopic (exact) mass is 318 g/mol. The second-order valence-corrected chi connectivity index (χ2v) is 7.75. The molecule has 0 saturated carbocycles. The summed E-state index contributed by atoms with van der Waals surface area (Å²) in [4.78, 5) is 18.8. The van der Waals surface area contributed by atoms with Crippen LogP contribution in [-0.2, 0) is 9.84 Å². The molecule has 1 aliphatic rings. The van der Waals surface area contributed by atoms with Crippen LogP contribution in [0, 0.1) is 0 Å². The molecule has 0 aliphatic carbocycles. The van der Waals surface area contributed by atoms with E-state index in [0.717, 1.165) is 10.9 Å². The van der Waals surface area contributed by atoms with Gasteiger partial charge in [-0.25, -0.2) is 8.42 Å². The highest BCUT2D eigenvalue weighted by Crippen LogP contribution is 2.23. The van der Waals surface area contributed by atoms with Gasteiger partial charge in [0.25, 0.3) is 5.91 Å². The zero-order valence-electron chi connectivity index (χ0n) is 12.4. The van der Waals surface area contributed by atoms with Crippen molar-refractivity contribution in [1.29, 1.82) is 0 Å². The van der Waals surface area contributed by atoms with Gasteiger partial charge < -0.3 is 4.90 Å². The predicted octanol–water partition coefficient (Wildman–Crippen LogP) is 1.88. The number of benzene rings is 1. The van der Waals surface area contributed by atoms with E-state index < -0.39 is 9.84 Å². The Morgan fingerprint density at radius 1 is 1.32 bits per heavy atom. The Morgan fingerprint density at radius 3 is 2.77 bits per heavy atom. The number of pyridine rings is 1. The molecule has 1 aromatic carbocycles. The number of carbonyl (C=O) groups is 1. The van der Waals surface area contributed by atoms with Gasteiger partial charge in [0.1, 0.15) is 0 Å². The summed E-state index contributed by atoms with van der Waals surface area (Å²) in [5.74, 6) is 0.108. The highest BCUT2D eigenvalue weighted by Gasteiger charge is 2.34. The molecule has 1 atom stereocenters. The fourth-order valence-corrected chi connectivity index (χ4v) is 4.76. The number of nitrogens with zero attached hydrogens (tertiary/aromatic N) is 2. The van der Waals surface area contributed by atoms with Gasteiger partial charge >= 0.3 is 0 Å². The third kappa shape index (κ3) is 2.70. The van der Waals surface area contributed by atoms with Gasteiger partial charge in [-0.2, -0.15) is 0 Å². The van der Waals surface area contributed by atoms with Gasteiger partial charge in [0.15, 0.2) is 9.84 Å². The summed E-state index contributed by atoms with van der Waals surface area (Å²) in [6.45, 7) is 2.38. The van der Waals surface area contributed by atoms with Crippen LogP contribution >= 0.6 is 0 Å². The minimum Gasteiger partial charge on any atom is -0.335 e. The average Bonchev–Trinajstić information content (AvgIpc) is 2.87. The molecule has 6 heteroatoms. The van der Waals surface area contributed by atoms with E-state index in [4.69, 9.17) is 0 Å². The first-order chi connectivity index (χ1) is 10.5. The topological polar surface area (TPSA) is 67.3 Å². The van der Waals surface area contributed by atoms with Gasteiger partial charge in [-0.3, -0.25) is 9.78 Å². The maximum Gasteiger partial charge on any atom is 0.254 e. The Kier molecular flexibility index (Phi) is 3.87. The predicted molar refractivity (Wildman–Crippen MR) is 85.5 cm³/mol. The van der Waals surface area contributed by atoms with Crippen LogP contribution in [0.1, 0.15) is 23.7 Å². The molecule has 22 heavy (non-hydrogen) atoms. The number of rotatable bonds is 3. The summed E-state index contributed by atoms with van der Waals surface area (Å²) in [6, 6.07) is 8.96. The lowest BCUT2D eigenvalue weighted by molar-refractivity contribution is 0.0710. The summed E-state index contributed by atoms with van der Waals surface area (Å²) in [6.07, 6.45) is 2.14. The SMILES string of the molecule is CCN(C(=O)c1ccnc2ccccc12)C1CCS(=O)(=O)C1. The van der Waals surface area contributed by atoms with E-state index in [1.54, 1.807) is 17.2 Å².